The predicted molar refractivity (Wildman–Crippen MR) is 58.8 cm³/mol. The lowest BCUT2D eigenvalue weighted by molar-refractivity contribution is -0.119. The van der Waals surface area contributed by atoms with Crippen LogP contribution in [0.5, 0.6) is 0 Å². The quantitative estimate of drug-likeness (QED) is 0.749. The number of rotatable bonds is 4. The van der Waals surface area contributed by atoms with Gasteiger partial charge in [0.15, 0.2) is 0 Å². The van der Waals surface area contributed by atoms with E-state index in [-0.39, 0.29) is 6.03 Å². The Bertz CT molecular complexity index is 252. The number of alkyl halides is 1. The second-order valence-electron chi connectivity index (χ2n) is 3.89. The molecule has 1 atom stereocenters. The lowest BCUT2D eigenvalue weighted by Crippen LogP contribution is -2.45. The molecule has 1 fully saturated rings. The number of carbonyl (C=O) groups excluding carboxylic acids is 2. The van der Waals surface area contributed by atoms with Crippen LogP contribution in [-0.2, 0) is 4.79 Å². The summed E-state index contributed by atoms with van der Waals surface area (Å²) in [5.74, 6) is 0.190. The number of carbonyl (C=O) groups is 2. The molecule has 15 heavy (non-hydrogen) atoms. The second kappa shape index (κ2) is 5.35. The summed E-state index contributed by atoms with van der Waals surface area (Å²) in [6, 6.07) is -0.332. The second-order valence-corrected chi connectivity index (χ2v) is 4.55. The van der Waals surface area contributed by atoms with Gasteiger partial charge in [0.2, 0.25) is 5.91 Å². The molecule has 0 aromatic rings. The Morgan fingerprint density at radius 2 is 2.13 bits per heavy atom. The fourth-order valence-electron chi connectivity index (χ4n) is 1.25. The zero-order chi connectivity index (χ0) is 11.4. The van der Waals surface area contributed by atoms with E-state index in [1.807, 2.05) is 6.92 Å². The largest absolute Gasteiger partial charge is 0.324 e. The molecule has 3 amide bonds. The van der Waals surface area contributed by atoms with E-state index in [1.54, 1.807) is 11.8 Å². The van der Waals surface area contributed by atoms with E-state index in [4.69, 9.17) is 11.6 Å². The molecule has 0 radical (unpaired) electrons. The Morgan fingerprint density at radius 1 is 1.53 bits per heavy atom. The summed E-state index contributed by atoms with van der Waals surface area (Å²) in [5, 5.41) is 1.61. The van der Waals surface area contributed by atoms with Crippen molar-refractivity contribution in [3.8, 4) is 0 Å². The predicted octanol–water partition coefficient (Wildman–Crippen LogP) is 1.58. The van der Waals surface area contributed by atoms with Gasteiger partial charge in [-0.05, 0) is 32.6 Å². The van der Waals surface area contributed by atoms with Crippen molar-refractivity contribution in [2.24, 2.45) is 5.92 Å². The average Bonchev–Trinajstić information content (AvgIpc) is 2.97. The molecule has 0 heterocycles. The molecule has 0 aliphatic heterocycles. The number of nitrogens with one attached hydrogen (secondary N) is 1. The van der Waals surface area contributed by atoms with Gasteiger partial charge in [0.1, 0.15) is 5.38 Å². The zero-order valence-corrected chi connectivity index (χ0v) is 9.88. The van der Waals surface area contributed by atoms with Crippen LogP contribution in [0, 0.1) is 5.92 Å². The maximum Gasteiger partial charge on any atom is 0.324 e. The van der Waals surface area contributed by atoms with Gasteiger partial charge in [-0.1, -0.05) is 0 Å². The molecule has 4 nitrogen and oxygen atoms in total. The molecule has 1 unspecified atom stereocenters. The van der Waals surface area contributed by atoms with Gasteiger partial charge in [-0.15, -0.1) is 11.6 Å². The number of nitrogens with zero attached hydrogens (tertiary/aromatic N) is 1. The fourth-order valence-corrected chi connectivity index (χ4v) is 1.31. The number of amides is 3. The third kappa shape index (κ3) is 4.08. The number of urea groups is 1. The molecule has 1 aliphatic carbocycles. The van der Waals surface area contributed by atoms with Gasteiger partial charge >= 0.3 is 6.03 Å². The first-order valence-electron chi connectivity index (χ1n) is 5.28. The number of hydrogen-bond acceptors (Lipinski definition) is 2. The molecule has 0 saturated heterocycles. The monoisotopic (exact) mass is 232 g/mol. The van der Waals surface area contributed by atoms with Crippen LogP contribution in [0.2, 0.25) is 0 Å². The van der Waals surface area contributed by atoms with Crippen molar-refractivity contribution in [1.82, 2.24) is 10.2 Å². The average molecular weight is 233 g/mol. The molecule has 1 aliphatic rings. The highest BCUT2D eigenvalue weighted by Crippen LogP contribution is 2.29. The molecule has 0 aromatic heterocycles. The highest BCUT2D eigenvalue weighted by atomic mass is 35.5. The Hall–Kier alpha value is -0.770. The summed E-state index contributed by atoms with van der Waals surface area (Å²) in [7, 11) is 0. The van der Waals surface area contributed by atoms with Gasteiger partial charge in [0.05, 0.1) is 0 Å². The minimum atomic E-state index is -0.673. The van der Waals surface area contributed by atoms with Gasteiger partial charge in [-0.3, -0.25) is 10.1 Å². The molecule has 5 heteroatoms. The highest BCUT2D eigenvalue weighted by Gasteiger charge is 2.26. The third-order valence-electron chi connectivity index (χ3n) is 2.44. The van der Waals surface area contributed by atoms with E-state index in [9.17, 15) is 9.59 Å². The van der Waals surface area contributed by atoms with Crippen molar-refractivity contribution in [1.29, 1.82) is 0 Å². The fraction of sp³-hybridized carbons (Fsp3) is 0.800. The zero-order valence-electron chi connectivity index (χ0n) is 9.12. The van der Waals surface area contributed by atoms with Crippen LogP contribution in [0.3, 0.4) is 0 Å². The maximum atomic E-state index is 11.6. The lowest BCUT2D eigenvalue weighted by atomic mass is 10.4. The molecule has 1 N–H and O–H groups in total. The minimum Gasteiger partial charge on any atom is -0.324 e. The Kier molecular flexibility index (Phi) is 4.39. The van der Waals surface area contributed by atoms with E-state index < -0.39 is 11.3 Å². The summed E-state index contributed by atoms with van der Waals surface area (Å²) in [6.07, 6.45) is 2.37. The molecule has 0 spiro atoms. The van der Waals surface area contributed by atoms with Crippen LogP contribution in [0.25, 0.3) is 0 Å². The van der Waals surface area contributed by atoms with Crippen molar-refractivity contribution in [3.63, 3.8) is 0 Å². The highest BCUT2D eigenvalue weighted by molar-refractivity contribution is 6.31. The number of halogens is 1. The molecule has 0 aromatic carbocycles. The topological polar surface area (TPSA) is 49.4 Å². The Morgan fingerprint density at radius 3 is 2.53 bits per heavy atom. The first-order chi connectivity index (χ1) is 7.04. The van der Waals surface area contributed by atoms with Crippen molar-refractivity contribution in [2.75, 3.05) is 13.1 Å². The molecular weight excluding hydrogens is 216 g/mol. The van der Waals surface area contributed by atoms with Gasteiger partial charge in [0.25, 0.3) is 0 Å². The van der Waals surface area contributed by atoms with Gasteiger partial charge < -0.3 is 4.90 Å². The third-order valence-corrected chi connectivity index (χ3v) is 2.63. The van der Waals surface area contributed by atoms with Crippen molar-refractivity contribution >= 4 is 23.5 Å². The van der Waals surface area contributed by atoms with E-state index in [0.717, 1.165) is 6.54 Å². The van der Waals surface area contributed by atoms with Crippen LogP contribution in [0.1, 0.15) is 26.7 Å². The minimum absolute atomic E-state index is 0.332. The van der Waals surface area contributed by atoms with Gasteiger partial charge in [-0.2, -0.15) is 0 Å². The normalized spacial score (nSPS) is 17.0. The maximum absolute atomic E-state index is 11.6. The molecular formula is C10H17ClN2O2. The Labute approximate surface area is 95.0 Å². The lowest BCUT2D eigenvalue weighted by Gasteiger charge is -2.20. The van der Waals surface area contributed by atoms with Crippen molar-refractivity contribution < 1.29 is 9.59 Å². The van der Waals surface area contributed by atoms with Crippen LogP contribution >= 0.6 is 11.6 Å². The molecule has 1 rings (SSSR count). The summed E-state index contributed by atoms with van der Waals surface area (Å²) in [6.45, 7) is 4.80. The van der Waals surface area contributed by atoms with E-state index in [2.05, 4.69) is 5.32 Å². The van der Waals surface area contributed by atoms with Crippen LogP contribution < -0.4 is 5.32 Å². The SMILES string of the molecule is CCN(CC1CC1)C(=O)NC(=O)C(C)Cl. The molecule has 86 valence electrons. The summed E-state index contributed by atoms with van der Waals surface area (Å²) < 4.78 is 0. The van der Waals surface area contributed by atoms with E-state index >= 15 is 0 Å². The van der Waals surface area contributed by atoms with Crippen LogP contribution in [0.4, 0.5) is 4.79 Å². The first kappa shape index (κ1) is 12.3. The summed E-state index contributed by atoms with van der Waals surface area (Å²) in [4.78, 5) is 24.4. The number of imide groups is 1. The van der Waals surface area contributed by atoms with E-state index in [1.165, 1.54) is 12.8 Å². The van der Waals surface area contributed by atoms with E-state index in [0.29, 0.717) is 12.5 Å². The summed E-state index contributed by atoms with van der Waals surface area (Å²) in [5.41, 5.74) is 0. The van der Waals surface area contributed by atoms with Crippen LogP contribution in [-0.4, -0.2) is 35.3 Å². The number of hydrogen-bond donors (Lipinski definition) is 1. The smallest absolute Gasteiger partial charge is 0.324 e. The van der Waals surface area contributed by atoms with Gasteiger partial charge in [0, 0.05) is 13.1 Å². The van der Waals surface area contributed by atoms with Crippen molar-refractivity contribution in [3.05, 3.63) is 0 Å². The molecule has 0 bridgehead atoms. The van der Waals surface area contributed by atoms with Crippen LogP contribution in [0.15, 0.2) is 0 Å². The molecule has 1 saturated carbocycles. The Balaban J connectivity index is 2.38. The summed E-state index contributed by atoms with van der Waals surface area (Å²) >= 11 is 5.56. The van der Waals surface area contributed by atoms with Crippen molar-refractivity contribution in [2.45, 2.75) is 32.1 Å². The first-order valence-corrected chi connectivity index (χ1v) is 5.72. The standard InChI is InChI=1S/C10H17ClN2O2/c1-3-13(6-8-4-5-8)10(15)12-9(14)7(2)11/h7-8H,3-6H2,1-2H3,(H,12,14,15). The van der Waals surface area contributed by atoms with Gasteiger partial charge in [-0.25, -0.2) is 4.79 Å².